The molecule has 0 aliphatic carbocycles. The summed E-state index contributed by atoms with van der Waals surface area (Å²) in [6, 6.07) is 6.95. The van der Waals surface area contributed by atoms with Crippen molar-refractivity contribution < 1.29 is 0 Å². The van der Waals surface area contributed by atoms with E-state index in [0.29, 0.717) is 0 Å². The fourth-order valence-corrected chi connectivity index (χ4v) is 7.50. The molecule has 2 saturated heterocycles. The predicted octanol–water partition coefficient (Wildman–Crippen LogP) is 6.08. The van der Waals surface area contributed by atoms with Gasteiger partial charge in [0.05, 0.1) is 11.0 Å². The van der Waals surface area contributed by atoms with Crippen LogP contribution in [0.25, 0.3) is 21.8 Å². The highest BCUT2D eigenvalue weighted by atomic mass is 32.2. The van der Waals surface area contributed by atoms with Gasteiger partial charge in [-0.1, -0.05) is 0 Å². The molecule has 5 rings (SSSR count). The number of thioether (sulfide) groups is 2. The van der Waals surface area contributed by atoms with E-state index in [1.807, 2.05) is 23.5 Å². The summed E-state index contributed by atoms with van der Waals surface area (Å²) in [6.07, 6.45) is 5.44. The van der Waals surface area contributed by atoms with Crippen molar-refractivity contribution in [1.29, 1.82) is 0 Å². The second-order valence-electron chi connectivity index (χ2n) is 9.61. The average molecular weight is 481 g/mol. The maximum absolute atomic E-state index is 4.97. The van der Waals surface area contributed by atoms with Crippen molar-refractivity contribution in [3.63, 3.8) is 0 Å². The molecule has 33 heavy (non-hydrogen) atoms. The van der Waals surface area contributed by atoms with Crippen molar-refractivity contribution in [2.75, 3.05) is 50.8 Å². The molecular weight excluding hydrogens is 444 g/mol. The smallest absolute Gasteiger partial charge is 0.0767 e. The molecule has 0 radical (unpaired) electrons. The number of likely N-dealkylation sites (tertiary alicyclic amines) is 2. The Labute approximate surface area is 206 Å². The lowest BCUT2D eigenvalue weighted by molar-refractivity contribution is 0.362. The van der Waals surface area contributed by atoms with E-state index in [1.54, 1.807) is 0 Å². The van der Waals surface area contributed by atoms with Gasteiger partial charge in [-0.2, -0.15) is 0 Å². The van der Waals surface area contributed by atoms with E-state index in [1.165, 1.54) is 91.1 Å². The molecule has 2 aliphatic heterocycles. The van der Waals surface area contributed by atoms with Crippen molar-refractivity contribution in [3.8, 4) is 0 Å². The molecule has 2 aromatic heterocycles. The molecule has 0 amide bonds. The van der Waals surface area contributed by atoms with Crippen LogP contribution in [-0.2, 0) is 0 Å². The fraction of sp³-hybridized carbons (Fsp3) is 0.556. The van der Waals surface area contributed by atoms with Gasteiger partial charge in [0.15, 0.2) is 0 Å². The number of aromatic nitrogens is 2. The molecule has 176 valence electrons. The van der Waals surface area contributed by atoms with Crippen molar-refractivity contribution in [2.45, 2.75) is 56.2 Å². The van der Waals surface area contributed by atoms with Crippen molar-refractivity contribution in [2.24, 2.45) is 0 Å². The molecule has 0 bridgehead atoms. The lowest BCUT2D eigenvalue weighted by Crippen LogP contribution is -2.21. The Morgan fingerprint density at radius 2 is 1.09 bits per heavy atom. The summed E-state index contributed by atoms with van der Waals surface area (Å²) in [5.74, 6) is 2.28. The minimum absolute atomic E-state index is 1.10. The lowest BCUT2D eigenvalue weighted by atomic mass is 10.0. The molecule has 2 aliphatic rings. The van der Waals surface area contributed by atoms with Crippen LogP contribution in [0.2, 0.25) is 0 Å². The van der Waals surface area contributed by atoms with E-state index in [2.05, 4.69) is 48.8 Å². The summed E-state index contributed by atoms with van der Waals surface area (Å²) >= 11 is 3.99. The number of benzene rings is 1. The average Bonchev–Trinajstić information content (AvgIpc) is 3.50. The lowest BCUT2D eigenvalue weighted by Gasteiger charge is -2.17. The van der Waals surface area contributed by atoms with Gasteiger partial charge in [-0.15, -0.1) is 23.5 Å². The van der Waals surface area contributed by atoms with Gasteiger partial charge in [-0.3, -0.25) is 9.97 Å². The Kier molecular flexibility index (Phi) is 7.45. The van der Waals surface area contributed by atoms with Gasteiger partial charge in [0.25, 0.3) is 0 Å². The van der Waals surface area contributed by atoms with Gasteiger partial charge in [0.1, 0.15) is 0 Å². The van der Waals surface area contributed by atoms with Gasteiger partial charge in [0, 0.05) is 62.1 Å². The molecule has 3 aromatic rings. The minimum atomic E-state index is 1.10. The van der Waals surface area contributed by atoms with Crippen LogP contribution < -0.4 is 0 Å². The highest BCUT2D eigenvalue weighted by Gasteiger charge is 2.17. The Hall–Kier alpha value is -1.34. The van der Waals surface area contributed by atoms with Crippen molar-refractivity contribution in [3.05, 3.63) is 35.2 Å². The van der Waals surface area contributed by atoms with Crippen LogP contribution >= 0.6 is 23.5 Å². The first-order valence-electron chi connectivity index (χ1n) is 12.5. The number of hydrogen-bond donors (Lipinski definition) is 0. The molecule has 0 atom stereocenters. The summed E-state index contributed by atoms with van der Waals surface area (Å²) in [5, 5.41) is 2.59. The van der Waals surface area contributed by atoms with Gasteiger partial charge in [0.2, 0.25) is 0 Å². The van der Waals surface area contributed by atoms with Crippen LogP contribution in [0.1, 0.15) is 42.6 Å². The molecule has 0 unspecified atom stereocenters. The summed E-state index contributed by atoms with van der Waals surface area (Å²) in [7, 11) is 0. The topological polar surface area (TPSA) is 32.3 Å². The van der Waals surface area contributed by atoms with Crippen LogP contribution in [0, 0.1) is 20.8 Å². The van der Waals surface area contributed by atoms with Crippen molar-refractivity contribution >= 4 is 45.3 Å². The number of nitrogens with zero attached hydrogens (tertiary/aromatic N) is 4. The van der Waals surface area contributed by atoms with Gasteiger partial charge < -0.3 is 9.80 Å². The first-order chi connectivity index (χ1) is 16.1. The van der Waals surface area contributed by atoms with Gasteiger partial charge in [-0.25, -0.2) is 0 Å². The standard InChI is InChI=1S/C27H36N4S2/c1-19-16-24(32-14-12-30-8-4-5-9-30)22-18-23-25(33-15-13-31-10-6-7-11-31)17-20(2)29-27(23)21(3)26(22)28-19/h16-18H,4-15H2,1-3H3. The zero-order chi connectivity index (χ0) is 22.8. The van der Waals surface area contributed by atoms with Crippen LogP contribution in [0.15, 0.2) is 28.0 Å². The third kappa shape index (κ3) is 5.34. The summed E-state index contributed by atoms with van der Waals surface area (Å²) < 4.78 is 0. The van der Waals surface area contributed by atoms with E-state index < -0.39 is 0 Å². The highest BCUT2D eigenvalue weighted by molar-refractivity contribution is 7.99. The van der Waals surface area contributed by atoms with E-state index in [-0.39, 0.29) is 0 Å². The first-order valence-corrected chi connectivity index (χ1v) is 14.5. The van der Waals surface area contributed by atoms with Crippen LogP contribution in [0.4, 0.5) is 0 Å². The maximum Gasteiger partial charge on any atom is 0.0767 e. The third-order valence-electron chi connectivity index (χ3n) is 7.02. The van der Waals surface area contributed by atoms with Crippen LogP contribution in [0.3, 0.4) is 0 Å². The second-order valence-corrected chi connectivity index (χ2v) is 11.9. The van der Waals surface area contributed by atoms with Gasteiger partial charge in [-0.05, 0) is 90.8 Å². The van der Waals surface area contributed by atoms with E-state index in [0.717, 1.165) is 33.9 Å². The molecule has 0 saturated carbocycles. The minimum Gasteiger partial charge on any atom is -0.303 e. The quantitative estimate of drug-likeness (QED) is 0.287. The Balaban J connectivity index is 1.46. The number of hydrogen-bond acceptors (Lipinski definition) is 6. The number of fused-ring (bicyclic) bond motifs is 2. The number of pyridine rings is 2. The monoisotopic (exact) mass is 480 g/mol. The number of aryl methyl sites for hydroxylation is 3. The summed E-state index contributed by atoms with van der Waals surface area (Å²) in [6.45, 7) is 13.9. The highest BCUT2D eigenvalue weighted by Crippen LogP contribution is 2.37. The van der Waals surface area contributed by atoms with Crippen LogP contribution in [-0.4, -0.2) is 70.5 Å². The maximum atomic E-state index is 4.97. The molecular formula is C27H36N4S2. The number of rotatable bonds is 8. The van der Waals surface area contributed by atoms with E-state index >= 15 is 0 Å². The molecule has 2 fully saturated rings. The Morgan fingerprint density at radius 1 is 0.667 bits per heavy atom. The van der Waals surface area contributed by atoms with Gasteiger partial charge >= 0.3 is 0 Å². The molecule has 0 spiro atoms. The molecule has 6 heteroatoms. The summed E-state index contributed by atoms with van der Waals surface area (Å²) in [5.41, 5.74) is 5.66. The summed E-state index contributed by atoms with van der Waals surface area (Å²) in [4.78, 5) is 17.9. The third-order valence-corrected chi connectivity index (χ3v) is 9.09. The van der Waals surface area contributed by atoms with E-state index in [9.17, 15) is 0 Å². The molecule has 1 aromatic carbocycles. The molecule has 4 nitrogen and oxygen atoms in total. The van der Waals surface area contributed by atoms with E-state index in [4.69, 9.17) is 9.97 Å². The predicted molar refractivity (Wildman–Crippen MR) is 144 cm³/mol. The molecule has 4 heterocycles. The zero-order valence-electron chi connectivity index (χ0n) is 20.3. The molecule has 0 N–H and O–H groups in total. The van der Waals surface area contributed by atoms with Crippen LogP contribution in [0.5, 0.6) is 0 Å². The Bertz CT molecular complexity index is 1050. The largest absolute Gasteiger partial charge is 0.303 e. The normalized spacial score (nSPS) is 17.7. The Morgan fingerprint density at radius 3 is 1.52 bits per heavy atom. The van der Waals surface area contributed by atoms with Crippen molar-refractivity contribution in [1.82, 2.24) is 19.8 Å². The SMILES string of the molecule is Cc1cc(SCCN2CCCC2)c2cc3c(SCCN4CCCC4)cc(C)nc3c(C)c2n1. The fourth-order valence-electron chi connectivity index (χ4n) is 5.23. The second kappa shape index (κ2) is 10.5. The first kappa shape index (κ1) is 23.4. The zero-order valence-corrected chi connectivity index (χ0v) is 22.0.